The Balaban J connectivity index is 1.87. The number of carbonyl (C=O) groups excluding carboxylic acids is 2. The van der Waals surface area contributed by atoms with E-state index in [0.717, 1.165) is 25.2 Å². The van der Waals surface area contributed by atoms with Crippen molar-refractivity contribution in [3.8, 4) is 0 Å². The lowest BCUT2D eigenvalue weighted by atomic mass is 9.99. The molecular weight excluding hydrogens is 346 g/mol. The molecule has 144 valence electrons. The van der Waals surface area contributed by atoms with Crippen LogP contribution in [0.25, 0.3) is 0 Å². The van der Waals surface area contributed by atoms with Gasteiger partial charge in [-0.05, 0) is 43.9 Å². The summed E-state index contributed by atoms with van der Waals surface area (Å²) in [7, 11) is 0. The molecule has 0 saturated carbocycles. The van der Waals surface area contributed by atoms with E-state index in [1.165, 1.54) is 6.42 Å². The largest absolute Gasteiger partial charge is 0.370 e. The van der Waals surface area contributed by atoms with Crippen molar-refractivity contribution in [3.05, 3.63) is 45.4 Å². The van der Waals surface area contributed by atoms with Gasteiger partial charge in [-0.25, -0.2) is 0 Å². The number of aromatic amines is 2. The third-order valence-corrected chi connectivity index (χ3v) is 4.98. The molecule has 1 saturated heterocycles. The quantitative estimate of drug-likeness (QED) is 0.636. The van der Waals surface area contributed by atoms with Gasteiger partial charge in [-0.3, -0.25) is 19.5 Å². The van der Waals surface area contributed by atoms with E-state index in [9.17, 15) is 14.4 Å². The number of nitrogens with zero attached hydrogens (tertiary/aromatic N) is 1. The Hall–Kier alpha value is -3.03. The molecule has 1 fully saturated rings. The first-order valence-electron chi connectivity index (χ1n) is 9.10. The van der Waals surface area contributed by atoms with Gasteiger partial charge in [0.1, 0.15) is 0 Å². The third-order valence-electron chi connectivity index (χ3n) is 4.98. The summed E-state index contributed by atoms with van der Waals surface area (Å²) < 4.78 is 0. The number of nitrogens with one attached hydrogen (secondary N) is 3. The molecule has 27 heavy (non-hydrogen) atoms. The molecule has 2 heterocycles. The highest BCUT2D eigenvalue weighted by Crippen LogP contribution is 2.31. The molecule has 1 aromatic carbocycles. The zero-order chi connectivity index (χ0) is 19.6. The van der Waals surface area contributed by atoms with Crippen LogP contribution in [-0.2, 0) is 11.2 Å². The minimum absolute atomic E-state index is 0.0543. The number of aromatic nitrogens is 2. The maximum atomic E-state index is 12.6. The van der Waals surface area contributed by atoms with Crippen LogP contribution < -0.4 is 21.5 Å². The lowest BCUT2D eigenvalue weighted by molar-refractivity contribution is -0.115. The first kappa shape index (κ1) is 18.8. The van der Waals surface area contributed by atoms with E-state index >= 15 is 0 Å². The van der Waals surface area contributed by atoms with Gasteiger partial charge in [0.15, 0.2) is 0 Å². The Morgan fingerprint density at radius 1 is 1.33 bits per heavy atom. The molecule has 1 aliphatic heterocycles. The number of carbonyl (C=O) groups is 2. The van der Waals surface area contributed by atoms with Crippen molar-refractivity contribution in [3.63, 3.8) is 0 Å². The molecule has 0 bridgehead atoms. The Bertz CT molecular complexity index is 914. The second-order valence-corrected chi connectivity index (χ2v) is 7.20. The van der Waals surface area contributed by atoms with Crippen LogP contribution in [-0.4, -0.2) is 35.1 Å². The molecule has 0 aliphatic carbocycles. The van der Waals surface area contributed by atoms with Crippen molar-refractivity contribution in [2.75, 3.05) is 23.3 Å². The maximum absolute atomic E-state index is 12.6. The Labute approximate surface area is 157 Å². The fraction of sp³-hybridized carbons (Fsp3) is 0.421. The number of rotatable bonds is 5. The summed E-state index contributed by atoms with van der Waals surface area (Å²) in [6.07, 6.45) is 2.19. The molecule has 5 N–H and O–H groups in total. The summed E-state index contributed by atoms with van der Waals surface area (Å²) in [4.78, 5) is 38.1. The number of piperidine rings is 1. The first-order chi connectivity index (χ1) is 12.8. The molecule has 8 nitrogen and oxygen atoms in total. The summed E-state index contributed by atoms with van der Waals surface area (Å²) in [5, 5.41) is 8.03. The van der Waals surface area contributed by atoms with E-state index in [0.29, 0.717) is 28.4 Å². The fourth-order valence-corrected chi connectivity index (χ4v) is 3.51. The second kappa shape index (κ2) is 7.69. The molecule has 2 aromatic rings. The average molecular weight is 371 g/mol. The zero-order valence-electron chi connectivity index (χ0n) is 15.6. The number of hydrogen-bond donors (Lipinski definition) is 4. The monoisotopic (exact) mass is 371 g/mol. The normalized spacial score (nSPS) is 17.0. The predicted molar refractivity (Wildman–Crippen MR) is 104 cm³/mol. The number of hydrogen-bond acceptors (Lipinski definition) is 4. The second-order valence-electron chi connectivity index (χ2n) is 7.20. The lowest BCUT2D eigenvalue weighted by Crippen LogP contribution is -2.35. The molecular formula is C19H25N5O3. The van der Waals surface area contributed by atoms with Gasteiger partial charge in [0.05, 0.1) is 17.8 Å². The van der Waals surface area contributed by atoms with Crippen molar-refractivity contribution in [1.82, 2.24) is 10.2 Å². The van der Waals surface area contributed by atoms with Crippen LogP contribution in [0.4, 0.5) is 11.4 Å². The lowest BCUT2D eigenvalue weighted by Gasteiger charge is -2.34. The highest BCUT2D eigenvalue weighted by molar-refractivity contribution is 5.99. The van der Waals surface area contributed by atoms with E-state index in [-0.39, 0.29) is 17.9 Å². The molecule has 3 rings (SSSR count). The van der Waals surface area contributed by atoms with Crippen molar-refractivity contribution < 1.29 is 9.59 Å². The summed E-state index contributed by atoms with van der Waals surface area (Å²) in [5.41, 5.74) is 7.84. The minimum atomic E-state index is -0.554. The van der Waals surface area contributed by atoms with E-state index < -0.39 is 5.91 Å². The standard InChI is InChI=1S/C19H25N5O3/c1-11-4-3-7-24(10-11)16-6-5-13(18(20)26)8-15(16)21-17(25)9-14-12(2)22-23-19(14)27/h5-6,8,11H,3-4,7,9-10H2,1-2H3,(H2,20,26)(H,21,25)(H2,22,23,27). The Morgan fingerprint density at radius 3 is 2.74 bits per heavy atom. The number of benzene rings is 1. The van der Waals surface area contributed by atoms with Crippen LogP contribution in [0, 0.1) is 12.8 Å². The van der Waals surface area contributed by atoms with E-state index in [1.54, 1.807) is 19.1 Å². The van der Waals surface area contributed by atoms with Gasteiger partial charge in [-0.1, -0.05) is 6.92 Å². The molecule has 8 heteroatoms. The van der Waals surface area contributed by atoms with Crippen LogP contribution in [0.5, 0.6) is 0 Å². The van der Waals surface area contributed by atoms with Gasteiger partial charge in [0.25, 0.3) is 5.56 Å². The molecule has 1 aliphatic rings. The number of aryl methyl sites for hydroxylation is 1. The molecule has 1 aromatic heterocycles. The van der Waals surface area contributed by atoms with Gasteiger partial charge in [0, 0.05) is 29.9 Å². The number of H-pyrrole nitrogens is 2. The predicted octanol–water partition coefficient (Wildman–Crippen LogP) is 1.53. The van der Waals surface area contributed by atoms with Gasteiger partial charge in [-0.15, -0.1) is 0 Å². The van der Waals surface area contributed by atoms with Crippen LogP contribution in [0.3, 0.4) is 0 Å². The highest BCUT2D eigenvalue weighted by Gasteiger charge is 2.21. The van der Waals surface area contributed by atoms with Crippen LogP contribution >= 0.6 is 0 Å². The fourth-order valence-electron chi connectivity index (χ4n) is 3.51. The van der Waals surface area contributed by atoms with E-state index in [4.69, 9.17) is 5.73 Å². The summed E-state index contributed by atoms with van der Waals surface area (Å²) in [6, 6.07) is 5.10. The van der Waals surface area contributed by atoms with Crippen molar-refractivity contribution in [2.24, 2.45) is 11.7 Å². The van der Waals surface area contributed by atoms with Crippen LogP contribution in [0.2, 0.25) is 0 Å². The zero-order valence-corrected chi connectivity index (χ0v) is 15.6. The number of amides is 2. The molecule has 0 spiro atoms. The third kappa shape index (κ3) is 4.21. The smallest absolute Gasteiger partial charge is 0.267 e. The van der Waals surface area contributed by atoms with Gasteiger partial charge >= 0.3 is 0 Å². The van der Waals surface area contributed by atoms with Crippen LogP contribution in [0.1, 0.15) is 41.4 Å². The molecule has 1 unspecified atom stereocenters. The van der Waals surface area contributed by atoms with Crippen LogP contribution in [0.15, 0.2) is 23.0 Å². The van der Waals surface area contributed by atoms with Gasteiger partial charge in [0.2, 0.25) is 11.8 Å². The van der Waals surface area contributed by atoms with Crippen molar-refractivity contribution >= 4 is 23.2 Å². The molecule has 1 atom stereocenters. The summed E-state index contributed by atoms with van der Waals surface area (Å²) in [6.45, 7) is 5.70. The average Bonchev–Trinajstić information content (AvgIpc) is 2.93. The van der Waals surface area contributed by atoms with Crippen molar-refractivity contribution in [2.45, 2.75) is 33.1 Å². The van der Waals surface area contributed by atoms with Gasteiger partial charge in [-0.2, -0.15) is 0 Å². The Morgan fingerprint density at radius 2 is 2.11 bits per heavy atom. The maximum Gasteiger partial charge on any atom is 0.267 e. The number of nitrogens with two attached hydrogens (primary N) is 1. The summed E-state index contributed by atoms with van der Waals surface area (Å²) >= 11 is 0. The topological polar surface area (TPSA) is 124 Å². The number of primary amides is 1. The number of anilines is 2. The molecule has 2 amide bonds. The SMILES string of the molecule is Cc1[nH][nH]c(=O)c1CC(=O)Nc1cc(C(N)=O)ccc1N1CCCC(C)C1. The van der Waals surface area contributed by atoms with Gasteiger partial charge < -0.3 is 21.0 Å². The minimum Gasteiger partial charge on any atom is -0.370 e. The van der Waals surface area contributed by atoms with E-state index in [1.807, 2.05) is 6.07 Å². The Kier molecular flexibility index (Phi) is 5.34. The van der Waals surface area contributed by atoms with Crippen molar-refractivity contribution in [1.29, 1.82) is 0 Å². The molecule has 0 radical (unpaired) electrons. The first-order valence-corrected chi connectivity index (χ1v) is 9.10. The summed E-state index contributed by atoms with van der Waals surface area (Å²) in [5.74, 6) is -0.322. The van der Waals surface area contributed by atoms with E-state index in [2.05, 4.69) is 27.3 Å². The highest BCUT2D eigenvalue weighted by atomic mass is 16.2.